The summed E-state index contributed by atoms with van der Waals surface area (Å²) in [7, 11) is -3.66. The number of nitrogens with one attached hydrogen (secondary N) is 1. The maximum atomic E-state index is 13.1. The first-order chi connectivity index (χ1) is 15.4. The number of thioether (sulfide) groups is 1. The molecule has 0 atom stereocenters. The Kier molecular flexibility index (Phi) is 8.58. The fourth-order valence-electron chi connectivity index (χ4n) is 3.60. The molecule has 1 amide bonds. The van der Waals surface area contributed by atoms with Crippen LogP contribution >= 0.6 is 11.8 Å². The Morgan fingerprint density at radius 2 is 1.81 bits per heavy atom. The van der Waals surface area contributed by atoms with Gasteiger partial charge in [0.05, 0.1) is 35.2 Å². The lowest BCUT2D eigenvalue weighted by Crippen LogP contribution is -2.40. The molecule has 0 radical (unpaired) electrons. The van der Waals surface area contributed by atoms with Crippen LogP contribution < -0.4 is 10.2 Å². The van der Waals surface area contributed by atoms with Gasteiger partial charge in [0.1, 0.15) is 0 Å². The van der Waals surface area contributed by atoms with Gasteiger partial charge in [-0.3, -0.25) is 4.79 Å². The Hall–Kier alpha value is -2.07. The molecular formula is C23H31N3O4S2. The molecule has 32 heavy (non-hydrogen) atoms. The molecule has 1 fully saturated rings. The largest absolute Gasteiger partial charge is 0.379 e. The number of rotatable bonds is 9. The van der Waals surface area contributed by atoms with Crippen molar-refractivity contribution in [1.29, 1.82) is 0 Å². The lowest BCUT2D eigenvalue weighted by atomic mass is 10.2. The quantitative estimate of drug-likeness (QED) is 0.556. The number of morpholine rings is 1. The minimum atomic E-state index is -3.66. The number of hydrogen-bond donors (Lipinski definition) is 1. The van der Waals surface area contributed by atoms with Crippen molar-refractivity contribution >= 4 is 39.1 Å². The molecule has 0 saturated carbocycles. The summed E-state index contributed by atoms with van der Waals surface area (Å²) in [5.41, 5.74) is 2.44. The van der Waals surface area contributed by atoms with Gasteiger partial charge in [0.15, 0.2) is 0 Å². The summed E-state index contributed by atoms with van der Waals surface area (Å²) >= 11 is 1.47. The van der Waals surface area contributed by atoms with Gasteiger partial charge in [0.25, 0.3) is 0 Å². The van der Waals surface area contributed by atoms with E-state index < -0.39 is 10.0 Å². The second-order valence-corrected chi connectivity index (χ2v) is 10.4. The third kappa shape index (κ3) is 5.83. The zero-order chi connectivity index (χ0) is 23.1. The number of anilines is 2. The molecule has 7 nitrogen and oxygen atoms in total. The third-order valence-electron chi connectivity index (χ3n) is 5.41. The average molecular weight is 478 g/mol. The smallest absolute Gasteiger partial charge is 0.243 e. The van der Waals surface area contributed by atoms with Crippen molar-refractivity contribution in [2.75, 3.05) is 55.4 Å². The summed E-state index contributed by atoms with van der Waals surface area (Å²) in [6.45, 7) is 8.98. The van der Waals surface area contributed by atoms with Crippen molar-refractivity contribution in [3.05, 3.63) is 48.0 Å². The first-order valence-corrected chi connectivity index (χ1v) is 13.2. The topological polar surface area (TPSA) is 79.0 Å². The maximum absolute atomic E-state index is 13.1. The number of sulfonamides is 1. The Morgan fingerprint density at radius 1 is 1.12 bits per heavy atom. The minimum absolute atomic E-state index is 0.174. The second kappa shape index (κ2) is 11.2. The summed E-state index contributed by atoms with van der Waals surface area (Å²) in [5.74, 6) is 0.0655. The van der Waals surface area contributed by atoms with E-state index in [1.165, 1.54) is 16.1 Å². The molecule has 0 aromatic heterocycles. The number of amides is 1. The monoisotopic (exact) mass is 477 g/mol. The number of benzene rings is 2. The summed E-state index contributed by atoms with van der Waals surface area (Å²) in [6.07, 6.45) is 0. The van der Waals surface area contributed by atoms with E-state index in [2.05, 4.69) is 10.2 Å². The molecular weight excluding hydrogens is 446 g/mol. The van der Waals surface area contributed by atoms with Crippen molar-refractivity contribution in [3.8, 4) is 0 Å². The van der Waals surface area contributed by atoms with Crippen LogP contribution in [0, 0.1) is 6.92 Å². The van der Waals surface area contributed by atoms with Gasteiger partial charge in [-0.15, -0.1) is 11.8 Å². The highest BCUT2D eigenvalue weighted by atomic mass is 32.2. The summed E-state index contributed by atoms with van der Waals surface area (Å²) in [5, 5.41) is 2.96. The first kappa shape index (κ1) is 24.6. The van der Waals surface area contributed by atoms with Gasteiger partial charge in [-0.25, -0.2) is 8.42 Å². The Balaban J connectivity index is 1.84. The van der Waals surface area contributed by atoms with Gasteiger partial charge in [-0.2, -0.15) is 4.31 Å². The molecule has 1 saturated heterocycles. The van der Waals surface area contributed by atoms with Crippen LogP contribution in [0.25, 0.3) is 0 Å². The van der Waals surface area contributed by atoms with E-state index in [4.69, 9.17) is 4.74 Å². The van der Waals surface area contributed by atoms with E-state index in [-0.39, 0.29) is 16.6 Å². The molecule has 1 N–H and O–H groups in total. The molecule has 0 bridgehead atoms. The number of nitrogens with zero attached hydrogens (tertiary/aromatic N) is 2. The molecule has 3 rings (SSSR count). The summed E-state index contributed by atoms with van der Waals surface area (Å²) in [4.78, 5) is 16.1. The third-order valence-corrected chi connectivity index (χ3v) is 8.48. The fraction of sp³-hybridized carbons (Fsp3) is 0.435. The SMILES string of the molecule is CCN(CC)c1ccc(S(=O)(=O)N2CCOCC2)cc1NC(=O)CSc1ccccc1C. The number of hydrogen-bond acceptors (Lipinski definition) is 6. The number of aryl methyl sites for hydroxylation is 1. The van der Waals surface area contributed by atoms with Crippen LogP contribution in [0.2, 0.25) is 0 Å². The lowest BCUT2D eigenvalue weighted by Gasteiger charge is -2.28. The average Bonchev–Trinajstić information content (AvgIpc) is 2.80. The Morgan fingerprint density at radius 3 is 2.47 bits per heavy atom. The van der Waals surface area contributed by atoms with Crippen molar-refractivity contribution < 1.29 is 17.9 Å². The summed E-state index contributed by atoms with van der Waals surface area (Å²) < 4.78 is 33.0. The first-order valence-electron chi connectivity index (χ1n) is 10.8. The van der Waals surface area contributed by atoms with Crippen LogP contribution in [0.1, 0.15) is 19.4 Å². The fourth-order valence-corrected chi connectivity index (χ4v) is 5.86. The number of carbonyl (C=O) groups excluding carboxylic acids is 1. The van der Waals surface area contributed by atoms with Crippen LogP contribution in [0.3, 0.4) is 0 Å². The zero-order valence-corrected chi connectivity index (χ0v) is 20.5. The lowest BCUT2D eigenvalue weighted by molar-refractivity contribution is -0.113. The molecule has 1 heterocycles. The van der Waals surface area contributed by atoms with Crippen LogP contribution in [0.5, 0.6) is 0 Å². The highest BCUT2D eigenvalue weighted by Crippen LogP contribution is 2.31. The van der Waals surface area contributed by atoms with Gasteiger partial charge in [0, 0.05) is 31.1 Å². The van der Waals surface area contributed by atoms with E-state index in [0.29, 0.717) is 32.0 Å². The van der Waals surface area contributed by atoms with E-state index in [1.807, 2.05) is 45.0 Å². The van der Waals surface area contributed by atoms with E-state index in [1.54, 1.807) is 18.2 Å². The van der Waals surface area contributed by atoms with Gasteiger partial charge in [-0.1, -0.05) is 18.2 Å². The molecule has 0 unspecified atom stereocenters. The van der Waals surface area contributed by atoms with Crippen LogP contribution in [-0.2, 0) is 19.6 Å². The summed E-state index contributed by atoms with van der Waals surface area (Å²) in [6, 6.07) is 12.9. The van der Waals surface area contributed by atoms with E-state index in [9.17, 15) is 13.2 Å². The predicted octanol–water partition coefficient (Wildman–Crippen LogP) is 3.59. The molecule has 0 spiro atoms. The highest BCUT2D eigenvalue weighted by Gasteiger charge is 2.27. The number of carbonyl (C=O) groups is 1. The van der Waals surface area contributed by atoms with E-state index >= 15 is 0 Å². The van der Waals surface area contributed by atoms with Gasteiger partial charge >= 0.3 is 0 Å². The predicted molar refractivity (Wildman–Crippen MR) is 130 cm³/mol. The van der Waals surface area contributed by atoms with Crippen LogP contribution in [-0.4, -0.2) is 63.8 Å². The van der Waals surface area contributed by atoms with Crippen LogP contribution in [0.4, 0.5) is 11.4 Å². The molecule has 174 valence electrons. The van der Waals surface area contributed by atoms with Crippen LogP contribution in [0.15, 0.2) is 52.3 Å². The molecule has 2 aromatic rings. The van der Waals surface area contributed by atoms with Crippen molar-refractivity contribution in [1.82, 2.24) is 4.31 Å². The van der Waals surface area contributed by atoms with Crippen molar-refractivity contribution in [2.24, 2.45) is 0 Å². The maximum Gasteiger partial charge on any atom is 0.243 e. The molecule has 1 aliphatic heterocycles. The number of ether oxygens (including phenoxy) is 1. The van der Waals surface area contributed by atoms with Gasteiger partial charge < -0.3 is 15.0 Å². The normalized spacial score (nSPS) is 14.8. The van der Waals surface area contributed by atoms with Crippen molar-refractivity contribution in [3.63, 3.8) is 0 Å². The van der Waals surface area contributed by atoms with E-state index in [0.717, 1.165) is 29.2 Å². The Labute approximate surface area is 195 Å². The standard InChI is InChI=1S/C23H31N3O4S2/c1-4-25(5-2)21-11-10-19(32(28,29)26-12-14-30-15-13-26)16-20(21)24-23(27)17-31-22-9-7-6-8-18(22)3/h6-11,16H,4-5,12-15,17H2,1-3H3,(H,24,27). The highest BCUT2D eigenvalue weighted by molar-refractivity contribution is 8.00. The zero-order valence-electron chi connectivity index (χ0n) is 18.8. The molecule has 1 aliphatic rings. The molecule has 0 aliphatic carbocycles. The van der Waals surface area contributed by atoms with Crippen molar-refractivity contribution in [2.45, 2.75) is 30.6 Å². The minimum Gasteiger partial charge on any atom is -0.379 e. The second-order valence-electron chi connectivity index (χ2n) is 7.47. The van der Waals surface area contributed by atoms with Gasteiger partial charge in [0.2, 0.25) is 15.9 Å². The molecule has 9 heteroatoms. The van der Waals surface area contributed by atoms with Gasteiger partial charge in [-0.05, 0) is 50.6 Å². The Bertz CT molecular complexity index is 1030. The molecule has 2 aromatic carbocycles.